The largest absolute Gasteiger partial charge is 0.370 e. The Kier molecular flexibility index (Phi) is 1.87. The summed E-state index contributed by atoms with van der Waals surface area (Å²) in [5, 5.41) is 3.04. The molecule has 0 amide bonds. The van der Waals surface area contributed by atoms with Crippen molar-refractivity contribution in [3.63, 3.8) is 0 Å². The van der Waals surface area contributed by atoms with Crippen molar-refractivity contribution in [2.45, 2.75) is 43.8 Å². The number of rotatable bonds is 3. The molecule has 0 aromatic rings. The van der Waals surface area contributed by atoms with Crippen molar-refractivity contribution < 1.29 is 17.5 Å². The van der Waals surface area contributed by atoms with E-state index in [4.69, 9.17) is 0 Å². The Morgan fingerprint density at radius 2 is 2.11 bits per heavy atom. The summed E-state index contributed by atoms with van der Waals surface area (Å²) in [4.78, 5) is 3.86. The molecule has 6 unspecified atom stereocenters. The van der Waals surface area contributed by atoms with Crippen LogP contribution in [0.25, 0.3) is 0 Å². The highest BCUT2D eigenvalue weighted by Crippen LogP contribution is 2.62. The first-order valence-electron chi connectivity index (χ1n) is 6.40. The molecule has 4 aliphatic heterocycles. The Morgan fingerprint density at radius 3 is 2.53 bits per heavy atom. The fraction of sp³-hybridized carbons (Fsp3) is 0.636. The molecule has 19 heavy (non-hydrogen) atoms. The number of nitrogens with zero attached hydrogens (tertiary/aromatic N) is 3. The molecule has 4 rings (SSSR count). The second-order valence-corrected chi connectivity index (χ2v) is 7.18. The van der Waals surface area contributed by atoms with Crippen LogP contribution in [0.2, 0.25) is 0 Å². The molecule has 2 saturated heterocycles. The van der Waals surface area contributed by atoms with Gasteiger partial charge >= 0.3 is 15.6 Å². The first-order valence-corrected chi connectivity index (χ1v) is 7.90. The topological polar surface area (TPSA) is 72.9 Å². The molecule has 2 fully saturated rings. The molecule has 0 saturated carbocycles. The highest BCUT2D eigenvalue weighted by Gasteiger charge is 2.87. The van der Waals surface area contributed by atoms with E-state index < -0.39 is 15.6 Å². The van der Waals surface area contributed by atoms with Gasteiger partial charge in [0.15, 0.2) is 6.04 Å². The lowest BCUT2D eigenvalue weighted by atomic mass is 10.1. The summed E-state index contributed by atoms with van der Waals surface area (Å²) in [6.45, 7) is 3.97. The minimum Gasteiger partial charge on any atom is -0.370 e. The van der Waals surface area contributed by atoms with Gasteiger partial charge in [-0.25, -0.2) is 4.48 Å². The van der Waals surface area contributed by atoms with Crippen LogP contribution < -0.4 is 5.32 Å². The van der Waals surface area contributed by atoms with Crippen LogP contribution in [0.1, 0.15) is 13.8 Å². The van der Waals surface area contributed by atoms with E-state index in [1.54, 1.807) is 17.3 Å². The standard InChI is InChI=1S/C11H16N4O3S/c1-7-9-10-13(7)5-6-15(9,10)11(19(16,17)18)14-4-3-12-8(14)2/h3-12H,1-2H3/p+1. The number of hydrogen-bond donors (Lipinski definition) is 2. The van der Waals surface area contributed by atoms with Crippen LogP contribution in [-0.4, -0.2) is 57.2 Å². The van der Waals surface area contributed by atoms with E-state index in [1.807, 2.05) is 19.3 Å². The number of fused-ring (bicyclic) bond motifs is 1. The molecule has 7 nitrogen and oxygen atoms in total. The maximum atomic E-state index is 11.9. The minimum absolute atomic E-state index is 0.141. The van der Waals surface area contributed by atoms with Crippen molar-refractivity contribution in [3.05, 3.63) is 24.8 Å². The SMILES string of the molecule is CC1NC=CN1C([N+]12C=CN3C(C)C1C32)S(=O)(=O)O. The zero-order valence-electron chi connectivity index (χ0n) is 10.7. The predicted octanol–water partition coefficient (Wildman–Crippen LogP) is -0.406. The summed E-state index contributed by atoms with van der Waals surface area (Å²) in [5.41, 5.74) is -0.963. The van der Waals surface area contributed by atoms with Crippen LogP contribution in [0.5, 0.6) is 0 Å². The van der Waals surface area contributed by atoms with Crippen molar-refractivity contribution >= 4 is 10.1 Å². The van der Waals surface area contributed by atoms with E-state index in [-0.39, 0.29) is 18.4 Å². The lowest BCUT2D eigenvalue weighted by Crippen LogP contribution is -2.55. The Hall–Kier alpha value is -1.25. The lowest BCUT2D eigenvalue weighted by molar-refractivity contribution is -0.789. The van der Waals surface area contributed by atoms with E-state index in [9.17, 15) is 13.0 Å². The van der Waals surface area contributed by atoms with Gasteiger partial charge in [-0.1, -0.05) is 0 Å². The first kappa shape index (κ1) is 11.6. The van der Waals surface area contributed by atoms with Gasteiger partial charge in [-0.05, 0) is 13.8 Å². The van der Waals surface area contributed by atoms with Gasteiger partial charge < -0.3 is 10.2 Å². The molecule has 0 radical (unpaired) electrons. The second kappa shape index (κ2) is 3.08. The van der Waals surface area contributed by atoms with Gasteiger partial charge in [-0.3, -0.25) is 9.45 Å². The average Bonchev–Trinajstić information content (AvgIpc) is 2.57. The molecule has 0 aliphatic carbocycles. The van der Waals surface area contributed by atoms with Crippen LogP contribution in [0.4, 0.5) is 0 Å². The third-order valence-corrected chi connectivity index (χ3v) is 6.03. The fourth-order valence-corrected chi connectivity index (χ4v) is 5.40. The Labute approximate surface area is 112 Å². The van der Waals surface area contributed by atoms with E-state index in [0.717, 1.165) is 0 Å². The number of hydrogen-bond acceptors (Lipinski definition) is 5. The molecule has 2 N–H and O–H groups in total. The first-order chi connectivity index (χ1) is 8.89. The van der Waals surface area contributed by atoms with E-state index in [1.165, 1.54) is 0 Å². The van der Waals surface area contributed by atoms with Crippen molar-refractivity contribution in [3.8, 4) is 0 Å². The lowest BCUT2D eigenvalue weighted by Gasteiger charge is -2.33. The molecule has 0 bridgehead atoms. The summed E-state index contributed by atoms with van der Waals surface area (Å²) < 4.78 is 33.9. The maximum Gasteiger partial charge on any atom is 0.341 e. The van der Waals surface area contributed by atoms with Crippen molar-refractivity contribution in [1.29, 1.82) is 0 Å². The molecule has 4 heterocycles. The molecule has 4 aliphatic rings. The van der Waals surface area contributed by atoms with E-state index in [2.05, 4.69) is 17.1 Å². The van der Waals surface area contributed by atoms with Crippen LogP contribution in [0, 0.1) is 0 Å². The highest BCUT2D eigenvalue weighted by atomic mass is 32.2. The van der Waals surface area contributed by atoms with Crippen molar-refractivity contribution in [2.75, 3.05) is 0 Å². The van der Waals surface area contributed by atoms with Gasteiger partial charge in [0.05, 0.1) is 12.2 Å². The predicted molar refractivity (Wildman–Crippen MR) is 67.2 cm³/mol. The van der Waals surface area contributed by atoms with Crippen LogP contribution in [0.15, 0.2) is 24.8 Å². The summed E-state index contributed by atoms with van der Waals surface area (Å²) in [6.07, 6.45) is 7.32. The fourth-order valence-electron chi connectivity index (χ4n) is 4.05. The highest BCUT2D eigenvalue weighted by molar-refractivity contribution is 7.86. The zero-order chi connectivity index (χ0) is 13.6. The normalized spacial score (nSPS) is 46.9. The molecule has 0 aromatic heterocycles. The average molecular weight is 285 g/mol. The monoisotopic (exact) mass is 285 g/mol. The van der Waals surface area contributed by atoms with E-state index >= 15 is 0 Å². The molecule has 104 valence electrons. The summed E-state index contributed by atoms with van der Waals surface area (Å²) in [7, 11) is -4.18. The molecular weight excluding hydrogens is 268 g/mol. The van der Waals surface area contributed by atoms with Crippen molar-refractivity contribution in [1.82, 2.24) is 15.1 Å². The Bertz CT molecular complexity index is 603. The third-order valence-electron chi connectivity index (χ3n) is 4.89. The minimum atomic E-state index is -4.18. The van der Waals surface area contributed by atoms with Gasteiger partial charge in [-0.2, -0.15) is 8.42 Å². The quantitative estimate of drug-likeness (QED) is 0.417. The number of nitrogens with one attached hydrogen (secondary N) is 1. The molecule has 8 heteroatoms. The molecular formula is C11H17N4O3S+. The van der Waals surface area contributed by atoms with Crippen LogP contribution in [-0.2, 0) is 10.1 Å². The van der Waals surface area contributed by atoms with Crippen LogP contribution >= 0.6 is 0 Å². The number of quaternary nitrogens is 1. The smallest absolute Gasteiger partial charge is 0.341 e. The summed E-state index contributed by atoms with van der Waals surface area (Å²) in [5.74, 6) is 0. The zero-order valence-corrected chi connectivity index (χ0v) is 11.5. The van der Waals surface area contributed by atoms with Gasteiger partial charge in [0.2, 0.25) is 6.17 Å². The summed E-state index contributed by atoms with van der Waals surface area (Å²) >= 11 is 0. The van der Waals surface area contributed by atoms with Gasteiger partial charge in [0.1, 0.15) is 12.4 Å². The van der Waals surface area contributed by atoms with E-state index in [0.29, 0.717) is 10.5 Å². The van der Waals surface area contributed by atoms with Gasteiger partial charge in [0.25, 0.3) is 0 Å². The Balaban J connectivity index is 1.78. The van der Waals surface area contributed by atoms with Crippen LogP contribution in [0.3, 0.4) is 0 Å². The molecule has 0 aromatic carbocycles. The molecule has 6 atom stereocenters. The van der Waals surface area contributed by atoms with Crippen molar-refractivity contribution in [2.24, 2.45) is 0 Å². The van der Waals surface area contributed by atoms with Gasteiger partial charge in [-0.15, -0.1) is 0 Å². The summed E-state index contributed by atoms with van der Waals surface area (Å²) in [6, 6.07) is 0.618. The Morgan fingerprint density at radius 1 is 1.37 bits per heavy atom. The molecule has 0 spiro atoms. The third kappa shape index (κ3) is 1.13. The second-order valence-electron chi connectivity index (χ2n) is 5.73. The maximum absolute atomic E-state index is 11.9. The van der Waals surface area contributed by atoms with Gasteiger partial charge in [0, 0.05) is 12.4 Å².